The highest BCUT2D eigenvalue weighted by Crippen LogP contribution is 2.28. The van der Waals surface area contributed by atoms with Crippen molar-refractivity contribution in [1.82, 2.24) is 9.55 Å². The molecule has 2 aromatic heterocycles. The molecule has 120 valence electrons. The normalized spacial score (nSPS) is 11.1. The number of fused-ring (bicyclic) bond motifs is 1. The first-order valence-corrected chi connectivity index (χ1v) is 8.72. The first-order valence-electron chi connectivity index (χ1n) is 7.90. The summed E-state index contributed by atoms with van der Waals surface area (Å²) in [5.74, 6) is -0.0899. The van der Waals surface area contributed by atoms with Gasteiger partial charge in [-0.3, -0.25) is 10.1 Å². The van der Waals surface area contributed by atoms with E-state index in [9.17, 15) is 4.79 Å². The number of hydrogen-bond donors (Lipinski definition) is 1. The second-order valence-corrected chi connectivity index (χ2v) is 6.89. The molecular weight excluding hydrogens is 306 g/mol. The molecule has 0 spiro atoms. The third-order valence-corrected chi connectivity index (χ3v) is 4.99. The number of aromatic nitrogens is 2. The van der Waals surface area contributed by atoms with E-state index in [2.05, 4.69) is 46.9 Å². The third-order valence-electron chi connectivity index (χ3n) is 4.16. The summed E-state index contributed by atoms with van der Waals surface area (Å²) >= 11 is 1.49. The van der Waals surface area contributed by atoms with Gasteiger partial charge in [0.25, 0.3) is 5.91 Å². The Balaban J connectivity index is 2.08. The Morgan fingerprint density at radius 3 is 2.70 bits per heavy atom. The van der Waals surface area contributed by atoms with Crippen LogP contribution in [0.3, 0.4) is 0 Å². The summed E-state index contributed by atoms with van der Waals surface area (Å²) in [4.78, 5) is 18.1. The maximum atomic E-state index is 12.8. The van der Waals surface area contributed by atoms with Gasteiger partial charge < -0.3 is 4.57 Å². The van der Waals surface area contributed by atoms with Gasteiger partial charge in [-0.05, 0) is 50.5 Å². The minimum Gasteiger partial charge on any atom is -0.337 e. The van der Waals surface area contributed by atoms with Crippen molar-refractivity contribution in [3.63, 3.8) is 0 Å². The van der Waals surface area contributed by atoms with Crippen LogP contribution in [0.15, 0.2) is 24.4 Å². The first-order chi connectivity index (χ1) is 11.0. The minimum absolute atomic E-state index is 0.0899. The van der Waals surface area contributed by atoms with Gasteiger partial charge >= 0.3 is 0 Å². The molecule has 0 aliphatic rings. The zero-order valence-electron chi connectivity index (χ0n) is 13.9. The Bertz CT molecular complexity index is 876. The van der Waals surface area contributed by atoms with Crippen molar-refractivity contribution in [3.05, 3.63) is 46.1 Å². The zero-order valence-corrected chi connectivity index (χ0v) is 14.8. The molecule has 0 fully saturated rings. The number of aryl methyl sites for hydroxylation is 4. The molecule has 0 aliphatic heterocycles. The van der Waals surface area contributed by atoms with Crippen molar-refractivity contribution in [2.45, 2.75) is 40.7 Å². The van der Waals surface area contributed by atoms with Crippen LogP contribution in [0, 0.1) is 13.8 Å². The summed E-state index contributed by atoms with van der Waals surface area (Å²) < 4.78 is 2.08. The monoisotopic (exact) mass is 327 g/mol. The van der Waals surface area contributed by atoms with E-state index < -0.39 is 0 Å². The van der Waals surface area contributed by atoms with Crippen LogP contribution in [-0.4, -0.2) is 15.5 Å². The highest BCUT2D eigenvalue weighted by Gasteiger charge is 2.20. The predicted octanol–water partition coefficient (Wildman–Crippen LogP) is 4.55. The molecule has 5 heteroatoms. The summed E-state index contributed by atoms with van der Waals surface area (Å²) in [7, 11) is 0. The van der Waals surface area contributed by atoms with Gasteiger partial charge in [0, 0.05) is 28.5 Å². The number of carbonyl (C=O) groups excluding carboxylic acids is 1. The molecule has 23 heavy (non-hydrogen) atoms. The highest BCUT2D eigenvalue weighted by molar-refractivity contribution is 7.15. The van der Waals surface area contributed by atoms with Crippen molar-refractivity contribution < 1.29 is 4.79 Å². The Labute approximate surface area is 140 Å². The minimum atomic E-state index is -0.0899. The zero-order chi connectivity index (χ0) is 16.6. The lowest BCUT2D eigenvalue weighted by molar-refractivity contribution is 0.101. The maximum absolute atomic E-state index is 12.8. The largest absolute Gasteiger partial charge is 0.337 e. The molecule has 1 N–H and O–H groups in total. The quantitative estimate of drug-likeness (QED) is 0.764. The number of anilines is 1. The van der Waals surface area contributed by atoms with E-state index in [4.69, 9.17) is 0 Å². The van der Waals surface area contributed by atoms with E-state index in [1.165, 1.54) is 16.9 Å². The van der Waals surface area contributed by atoms with Crippen LogP contribution in [0.5, 0.6) is 0 Å². The molecule has 1 amide bonds. The Kier molecular flexibility index (Phi) is 4.22. The molecule has 0 aliphatic carbocycles. The van der Waals surface area contributed by atoms with Crippen molar-refractivity contribution >= 4 is 33.3 Å². The molecule has 0 radical (unpaired) electrons. The Morgan fingerprint density at radius 2 is 2.09 bits per heavy atom. The van der Waals surface area contributed by atoms with Crippen LogP contribution in [0.4, 0.5) is 5.13 Å². The number of hydrogen-bond acceptors (Lipinski definition) is 3. The van der Waals surface area contributed by atoms with Gasteiger partial charge in [-0.15, -0.1) is 11.3 Å². The summed E-state index contributed by atoms with van der Waals surface area (Å²) in [5.41, 5.74) is 4.16. The molecular formula is C18H21N3OS. The number of rotatable bonds is 4. The smallest absolute Gasteiger partial charge is 0.274 e. The Hall–Kier alpha value is -2.14. The lowest BCUT2D eigenvalue weighted by atomic mass is 10.1. The van der Waals surface area contributed by atoms with Crippen molar-refractivity contribution in [2.24, 2.45) is 0 Å². The van der Waals surface area contributed by atoms with E-state index in [1.54, 1.807) is 6.20 Å². The average Bonchev–Trinajstić information content (AvgIpc) is 3.07. The van der Waals surface area contributed by atoms with Gasteiger partial charge in [-0.1, -0.05) is 13.0 Å². The van der Waals surface area contributed by atoms with Gasteiger partial charge in [0.2, 0.25) is 0 Å². The van der Waals surface area contributed by atoms with Crippen LogP contribution in [0.2, 0.25) is 0 Å². The van der Waals surface area contributed by atoms with Crippen molar-refractivity contribution in [1.29, 1.82) is 0 Å². The SMILES string of the molecule is CCc1ccc2c(c1)c(C)c(C(=O)Nc1ncc(C)s1)n2CC. The van der Waals surface area contributed by atoms with Gasteiger partial charge in [0.05, 0.1) is 0 Å². The molecule has 0 bridgehead atoms. The highest BCUT2D eigenvalue weighted by atomic mass is 32.1. The lowest BCUT2D eigenvalue weighted by Gasteiger charge is -2.08. The van der Waals surface area contributed by atoms with Crippen LogP contribution < -0.4 is 5.32 Å². The van der Waals surface area contributed by atoms with E-state index >= 15 is 0 Å². The molecule has 3 rings (SSSR count). The van der Waals surface area contributed by atoms with Crippen molar-refractivity contribution in [3.8, 4) is 0 Å². The molecule has 4 nitrogen and oxygen atoms in total. The molecule has 2 heterocycles. The predicted molar refractivity (Wildman–Crippen MR) is 96.5 cm³/mol. The summed E-state index contributed by atoms with van der Waals surface area (Å²) in [6.07, 6.45) is 2.77. The molecule has 3 aromatic rings. The molecule has 0 atom stereocenters. The van der Waals surface area contributed by atoms with Crippen LogP contribution >= 0.6 is 11.3 Å². The molecule has 0 unspecified atom stereocenters. The second-order valence-electron chi connectivity index (χ2n) is 5.65. The second kappa shape index (κ2) is 6.16. The number of nitrogens with one attached hydrogen (secondary N) is 1. The van der Waals surface area contributed by atoms with Crippen LogP contribution in [0.25, 0.3) is 10.9 Å². The van der Waals surface area contributed by atoms with Crippen molar-refractivity contribution in [2.75, 3.05) is 5.32 Å². The van der Waals surface area contributed by atoms with E-state index in [0.717, 1.165) is 40.0 Å². The average molecular weight is 327 g/mol. The van der Waals surface area contributed by atoms with E-state index in [-0.39, 0.29) is 5.91 Å². The van der Waals surface area contributed by atoms with Gasteiger partial charge in [0.1, 0.15) is 5.69 Å². The van der Waals surface area contributed by atoms with E-state index in [0.29, 0.717) is 5.13 Å². The third kappa shape index (κ3) is 2.77. The van der Waals surface area contributed by atoms with Gasteiger partial charge in [-0.25, -0.2) is 4.98 Å². The van der Waals surface area contributed by atoms with Crippen LogP contribution in [0.1, 0.15) is 40.3 Å². The lowest BCUT2D eigenvalue weighted by Crippen LogP contribution is -2.17. The summed E-state index contributed by atoms with van der Waals surface area (Å²) in [6.45, 7) is 8.97. The number of nitrogens with zero attached hydrogens (tertiary/aromatic N) is 2. The maximum Gasteiger partial charge on any atom is 0.274 e. The molecule has 1 aromatic carbocycles. The number of carbonyl (C=O) groups is 1. The number of thiazole rings is 1. The topological polar surface area (TPSA) is 46.9 Å². The molecule has 0 saturated heterocycles. The van der Waals surface area contributed by atoms with Crippen LogP contribution in [-0.2, 0) is 13.0 Å². The fraction of sp³-hybridized carbons (Fsp3) is 0.333. The fourth-order valence-electron chi connectivity index (χ4n) is 2.98. The van der Waals surface area contributed by atoms with Gasteiger partial charge in [-0.2, -0.15) is 0 Å². The molecule has 0 saturated carbocycles. The summed E-state index contributed by atoms with van der Waals surface area (Å²) in [5, 5.41) is 4.74. The fourth-order valence-corrected chi connectivity index (χ4v) is 3.64. The standard InChI is InChI=1S/C18H21N3OS/c1-5-13-7-8-15-14(9-13)12(4)16(21(15)6-2)17(22)20-18-19-10-11(3)23-18/h7-10H,5-6H2,1-4H3,(H,19,20,22). The number of amides is 1. The Morgan fingerprint density at radius 1 is 1.30 bits per heavy atom. The number of benzene rings is 1. The first kappa shape index (κ1) is 15.7. The summed E-state index contributed by atoms with van der Waals surface area (Å²) in [6, 6.07) is 6.45. The van der Waals surface area contributed by atoms with Gasteiger partial charge in [0.15, 0.2) is 5.13 Å². The van der Waals surface area contributed by atoms with E-state index in [1.807, 2.05) is 13.8 Å².